The second-order valence-corrected chi connectivity index (χ2v) is 5.52. The molecule has 0 saturated heterocycles. The fraction of sp³-hybridized carbons (Fsp3) is 0.533. The van der Waals surface area contributed by atoms with Crippen LogP contribution in [-0.4, -0.2) is 30.3 Å². The summed E-state index contributed by atoms with van der Waals surface area (Å²) in [5.74, 6) is 0.798. The smallest absolute Gasteiger partial charge is 0.307 e. The average molecular weight is 277 g/mol. The van der Waals surface area contributed by atoms with E-state index < -0.39 is 5.97 Å². The first-order valence-electron chi connectivity index (χ1n) is 7.00. The summed E-state index contributed by atoms with van der Waals surface area (Å²) < 4.78 is 11.5. The Morgan fingerprint density at radius 3 is 2.30 bits per heavy atom. The fourth-order valence-corrected chi connectivity index (χ4v) is 3.18. The van der Waals surface area contributed by atoms with E-state index in [-0.39, 0.29) is 12.5 Å². The molecule has 1 aromatic rings. The van der Waals surface area contributed by atoms with E-state index in [1.54, 1.807) is 0 Å². The first-order valence-corrected chi connectivity index (χ1v) is 7.00. The molecule has 5 nitrogen and oxygen atoms in total. The molecule has 0 spiro atoms. The zero-order valence-corrected chi connectivity index (χ0v) is 11.6. The molecule has 1 atom stereocenters. The number of aliphatic carboxylic acids is 1. The van der Waals surface area contributed by atoms with Gasteiger partial charge >= 0.3 is 5.97 Å². The number of ether oxygens (including phenoxy) is 2. The molecule has 20 heavy (non-hydrogen) atoms. The van der Waals surface area contributed by atoms with Gasteiger partial charge in [0.05, 0.1) is 19.6 Å². The highest BCUT2D eigenvalue weighted by atomic mass is 16.5. The molecule has 0 radical (unpaired) electrons. The molecular formula is C15H19NO4. The van der Waals surface area contributed by atoms with Crippen molar-refractivity contribution in [2.45, 2.75) is 38.6 Å². The van der Waals surface area contributed by atoms with Gasteiger partial charge in [0.15, 0.2) is 0 Å². The van der Waals surface area contributed by atoms with Gasteiger partial charge in [-0.2, -0.15) is 0 Å². The van der Waals surface area contributed by atoms with Crippen LogP contribution in [0.15, 0.2) is 0 Å². The normalized spacial score (nSPS) is 17.1. The Morgan fingerprint density at radius 2 is 1.75 bits per heavy atom. The Hall–Kier alpha value is -1.75. The van der Waals surface area contributed by atoms with E-state index in [9.17, 15) is 4.79 Å². The van der Waals surface area contributed by atoms with Gasteiger partial charge in [-0.3, -0.25) is 4.79 Å². The van der Waals surface area contributed by atoms with Crippen LogP contribution in [0.4, 0.5) is 0 Å². The Bertz CT molecular complexity index is 530. The van der Waals surface area contributed by atoms with E-state index in [1.165, 1.54) is 0 Å². The monoisotopic (exact) mass is 277 g/mol. The maximum absolute atomic E-state index is 11.1. The quantitative estimate of drug-likeness (QED) is 0.860. The number of rotatable bonds is 4. The van der Waals surface area contributed by atoms with Crippen molar-refractivity contribution < 1.29 is 19.4 Å². The topological polar surface area (TPSA) is 81.8 Å². The molecular weight excluding hydrogens is 258 g/mol. The second-order valence-electron chi connectivity index (χ2n) is 5.52. The van der Waals surface area contributed by atoms with Crippen LogP contribution in [-0.2, 0) is 30.5 Å². The van der Waals surface area contributed by atoms with Crippen molar-refractivity contribution in [3.63, 3.8) is 0 Å². The summed E-state index contributed by atoms with van der Waals surface area (Å²) in [5, 5.41) is 9.13. The second kappa shape index (κ2) is 4.98. The van der Waals surface area contributed by atoms with Crippen molar-refractivity contribution in [3.8, 4) is 11.5 Å². The number of nitrogens with two attached hydrogens (primary N) is 1. The minimum atomic E-state index is -0.836. The number of carboxylic acids is 1. The van der Waals surface area contributed by atoms with Crippen LogP contribution in [0.5, 0.6) is 11.5 Å². The predicted molar refractivity (Wildman–Crippen MR) is 73.5 cm³/mol. The molecule has 5 heteroatoms. The van der Waals surface area contributed by atoms with Crippen molar-refractivity contribution in [1.82, 2.24) is 0 Å². The van der Waals surface area contributed by atoms with E-state index in [1.807, 2.05) is 6.92 Å². The molecule has 2 aliphatic heterocycles. The number of fused-ring (bicyclic) bond motifs is 2. The molecule has 0 fully saturated rings. The van der Waals surface area contributed by atoms with E-state index >= 15 is 0 Å². The van der Waals surface area contributed by atoms with Crippen LogP contribution < -0.4 is 15.2 Å². The molecule has 3 N–H and O–H groups in total. The lowest BCUT2D eigenvalue weighted by molar-refractivity contribution is -0.136. The lowest BCUT2D eigenvalue weighted by Gasteiger charge is -2.18. The zero-order chi connectivity index (χ0) is 14.3. The maximum Gasteiger partial charge on any atom is 0.307 e. The van der Waals surface area contributed by atoms with Crippen LogP contribution >= 0.6 is 0 Å². The molecule has 0 bridgehead atoms. The van der Waals surface area contributed by atoms with Gasteiger partial charge in [-0.25, -0.2) is 0 Å². The standard InChI is InChI=1S/C15H19NO4/c1-8(16)6-11-9-2-4-20-15(9)12(7-13(17)18)10-3-5-19-14(10)11/h8H,2-7,16H2,1H3,(H,17,18)/t8-/m1/s1. The number of carboxylic acid groups (broad SMARTS) is 1. The van der Waals surface area contributed by atoms with Crippen LogP contribution in [0.1, 0.15) is 29.2 Å². The number of hydrogen-bond donors (Lipinski definition) is 2. The lowest BCUT2D eigenvalue weighted by Crippen LogP contribution is -2.19. The van der Waals surface area contributed by atoms with Crippen molar-refractivity contribution in [1.29, 1.82) is 0 Å². The summed E-state index contributed by atoms with van der Waals surface area (Å²) in [6, 6.07) is 0.0401. The number of benzene rings is 1. The molecule has 0 aliphatic carbocycles. The Balaban J connectivity index is 2.17. The van der Waals surface area contributed by atoms with Crippen molar-refractivity contribution in [3.05, 3.63) is 22.3 Å². The number of hydrogen-bond acceptors (Lipinski definition) is 4. The van der Waals surface area contributed by atoms with Crippen LogP contribution in [0.2, 0.25) is 0 Å². The van der Waals surface area contributed by atoms with Gasteiger partial charge in [0.1, 0.15) is 11.5 Å². The first kappa shape index (κ1) is 13.2. The summed E-state index contributed by atoms with van der Waals surface area (Å²) in [4.78, 5) is 11.1. The van der Waals surface area contributed by atoms with Gasteiger partial charge in [-0.1, -0.05) is 0 Å². The van der Waals surface area contributed by atoms with Crippen LogP contribution in [0.3, 0.4) is 0 Å². The van der Waals surface area contributed by atoms with E-state index in [0.29, 0.717) is 13.2 Å². The molecule has 0 unspecified atom stereocenters. The van der Waals surface area contributed by atoms with Gasteiger partial charge in [-0.05, 0) is 13.3 Å². The predicted octanol–water partition coefficient (Wildman–Crippen LogP) is 1.07. The van der Waals surface area contributed by atoms with Crippen LogP contribution in [0.25, 0.3) is 0 Å². The first-order chi connectivity index (χ1) is 9.58. The SMILES string of the molecule is C[C@@H](N)Cc1c2c(c(CC(=O)O)c3c1OCC3)OCC2. The van der Waals surface area contributed by atoms with Gasteiger partial charge < -0.3 is 20.3 Å². The zero-order valence-electron chi connectivity index (χ0n) is 11.6. The maximum atomic E-state index is 11.1. The van der Waals surface area contributed by atoms with Crippen LogP contribution in [0, 0.1) is 0 Å². The van der Waals surface area contributed by atoms with Gasteiger partial charge in [0.25, 0.3) is 0 Å². The molecule has 2 aliphatic rings. The number of carbonyl (C=O) groups is 1. The Kier molecular flexibility index (Phi) is 3.30. The minimum absolute atomic E-state index is 0.00746. The minimum Gasteiger partial charge on any atom is -0.493 e. The molecule has 0 aromatic heterocycles. The summed E-state index contributed by atoms with van der Waals surface area (Å²) in [7, 11) is 0. The summed E-state index contributed by atoms with van der Waals surface area (Å²) in [6.07, 6.45) is 2.29. The average Bonchev–Trinajstić information content (AvgIpc) is 3.01. The lowest BCUT2D eigenvalue weighted by atomic mass is 9.90. The summed E-state index contributed by atoms with van der Waals surface area (Å²) >= 11 is 0. The highest BCUT2D eigenvalue weighted by Crippen LogP contribution is 2.45. The summed E-state index contributed by atoms with van der Waals surface area (Å²) in [6.45, 7) is 3.18. The largest absolute Gasteiger partial charge is 0.493 e. The van der Waals surface area contributed by atoms with Gasteiger partial charge in [0.2, 0.25) is 0 Å². The molecule has 108 valence electrons. The Labute approximate surface area is 117 Å². The molecule has 0 saturated carbocycles. The Morgan fingerprint density at radius 1 is 1.20 bits per heavy atom. The van der Waals surface area contributed by atoms with Gasteiger partial charge in [-0.15, -0.1) is 0 Å². The third kappa shape index (κ3) is 2.12. The van der Waals surface area contributed by atoms with Crippen molar-refractivity contribution >= 4 is 5.97 Å². The third-order valence-corrected chi connectivity index (χ3v) is 3.88. The van der Waals surface area contributed by atoms with Crippen molar-refractivity contribution in [2.75, 3.05) is 13.2 Å². The summed E-state index contributed by atoms with van der Waals surface area (Å²) in [5.41, 5.74) is 9.96. The van der Waals surface area contributed by atoms with Crippen molar-refractivity contribution in [2.24, 2.45) is 5.73 Å². The molecule has 1 aromatic carbocycles. The van der Waals surface area contributed by atoms with Gasteiger partial charge in [0, 0.05) is 41.1 Å². The highest BCUT2D eigenvalue weighted by Gasteiger charge is 2.32. The van der Waals surface area contributed by atoms with E-state index in [4.69, 9.17) is 20.3 Å². The molecule has 2 heterocycles. The highest BCUT2D eigenvalue weighted by molar-refractivity contribution is 5.75. The van der Waals surface area contributed by atoms with E-state index in [0.717, 1.165) is 53.0 Å². The third-order valence-electron chi connectivity index (χ3n) is 3.88. The van der Waals surface area contributed by atoms with E-state index in [2.05, 4.69) is 0 Å². The fourth-order valence-electron chi connectivity index (χ4n) is 3.18. The molecule has 0 amide bonds. The molecule has 3 rings (SSSR count).